The van der Waals surface area contributed by atoms with Crippen molar-refractivity contribution >= 4 is 10.2 Å². The fraction of sp³-hybridized carbons (Fsp3) is 1.00. The average molecular weight is 331 g/mol. The highest BCUT2D eigenvalue weighted by molar-refractivity contribution is 7.87. The van der Waals surface area contributed by atoms with Gasteiger partial charge in [0.25, 0.3) is 10.2 Å². The second-order valence-corrected chi connectivity index (χ2v) is 7.05. The summed E-state index contributed by atoms with van der Waals surface area (Å²) in [5.74, 6) is 0.255. The van der Waals surface area contributed by atoms with Crippen LogP contribution in [0, 0.1) is 5.92 Å². The van der Waals surface area contributed by atoms with Crippen molar-refractivity contribution < 1.29 is 21.6 Å². The van der Waals surface area contributed by atoms with E-state index in [0.29, 0.717) is 13.1 Å². The van der Waals surface area contributed by atoms with Crippen LogP contribution in [-0.4, -0.2) is 51.6 Å². The smallest absolute Gasteiger partial charge is 0.317 e. The number of hydrogen-bond acceptors (Lipinski definition) is 3. The van der Waals surface area contributed by atoms with E-state index in [1.807, 2.05) is 6.92 Å². The Balaban J connectivity index is 2.38. The zero-order valence-corrected chi connectivity index (χ0v) is 13.1. The molecule has 0 radical (unpaired) electrons. The second kappa shape index (κ2) is 8.30. The van der Waals surface area contributed by atoms with Gasteiger partial charge < -0.3 is 5.32 Å². The van der Waals surface area contributed by atoms with Crippen molar-refractivity contribution in [2.24, 2.45) is 5.92 Å². The maximum absolute atomic E-state index is 12.0. The molecule has 0 aromatic heterocycles. The van der Waals surface area contributed by atoms with E-state index in [1.54, 1.807) is 0 Å². The number of halogens is 3. The van der Waals surface area contributed by atoms with Crippen LogP contribution in [0.4, 0.5) is 13.2 Å². The summed E-state index contributed by atoms with van der Waals surface area (Å²) < 4.78 is 63.7. The Morgan fingerprint density at radius 3 is 2.67 bits per heavy atom. The molecule has 1 saturated heterocycles. The van der Waals surface area contributed by atoms with Crippen LogP contribution in [0.1, 0.15) is 32.6 Å². The molecule has 0 bridgehead atoms. The SMILES string of the molecule is CCNCC1CCCN(S(=O)(=O)NCCCC(F)(F)F)C1. The van der Waals surface area contributed by atoms with Gasteiger partial charge in [-0.2, -0.15) is 25.9 Å². The lowest BCUT2D eigenvalue weighted by atomic mass is 10.00. The van der Waals surface area contributed by atoms with Crippen LogP contribution >= 0.6 is 0 Å². The molecule has 5 nitrogen and oxygen atoms in total. The lowest BCUT2D eigenvalue weighted by molar-refractivity contribution is -0.135. The number of rotatable bonds is 8. The van der Waals surface area contributed by atoms with E-state index < -0.39 is 22.8 Å². The predicted molar refractivity (Wildman–Crippen MR) is 75.1 cm³/mol. The standard InChI is InChI=1S/C12H24F3N3O2S/c1-2-16-9-11-5-3-8-18(10-11)21(19,20)17-7-4-6-12(13,14)15/h11,16-17H,2-10H2,1H3. The maximum atomic E-state index is 12.0. The molecule has 21 heavy (non-hydrogen) atoms. The van der Waals surface area contributed by atoms with Gasteiger partial charge in [-0.15, -0.1) is 0 Å². The molecule has 1 unspecified atom stereocenters. The number of nitrogens with zero attached hydrogens (tertiary/aromatic N) is 1. The highest BCUT2D eigenvalue weighted by Gasteiger charge is 2.29. The van der Waals surface area contributed by atoms with Crippen molar-refractivity contribution in [1.82, 2.24) is 14.3 Å². The summed E-state index contributed by atoms with van der Waals surface area (Å²) in [6.07, 6.45) is -3.71. The molecular formula is C12H24F3N3O2S. The van der Waals surface area contributed by atoms with E-state index >= 15 is 0 Å². The first-order valence-electron chi connectivity index (χ1n) is 7.27. The van der Waals surface area contributed by atoms with Gasteiger partial charge in [0, 0.05) is 26.1 Å². The monoisotopic (exact) mass is 331 g/mol. The molecule has 126 valence electrons. The maximum Gasteiger partial charge on any atom is 0.389 e. The van der Waals surface area contributed by atoms with E-state index in [4.69, 9.17) is 0 Å². The molecule has 1 aliphatic heterocycles. The van der Waals surface area contributed by atoms with Crippen molar-refractivity contribution in [2.75, 3.05) is 32.7 Å². The predicted octanol–water partition coefficient (Wildman–Crippen LogP) is 1.48. The molecule has 1 rings (SSSR count). The average Bonchev–Trinajstić information content (AvgIpc) is 2.41. The van der Waals surface area contributed by atoms with Gasteiger partial charge in [-0.05, 0) is 38.3 Å². The van der Waals surface area contributed by atoms with Gasteiger partial charge in [-0.25, -0.2) is 4.72 Å². The van der Waals surface area contributed by atoms with Gasteiger partial charge in [-0.1, -0.05) is 6.92 Å². The van der Waals surface area contributed by atoms with Crippen molar-refractivity contribution in [1.29, 1.82) is 0 Å². The Morgan fingerprint density at radius 1 is 1.33 bits per heavy atom. The number of alkyl halides is 3. The first-order valence-corrected chi connectivity index (χ1v) is 8.71. The van der Waals surface area contributed by atoms with Gasteiger partial charge in [-0.3, -0.25) is 0 Å². The molecule has 9 heteroatoms. The summed E-state index contributed by atoms with van der Waals surface area (Å²) >= 11 is 0. The van der Waals surface area contributed by atoms with Gasteiger partial charge in [0.15, 0.2) is 0 Å². The lowest BCUT2D eigenvalue weighted by Crippen LogP contribution is -2.47. The minimum Gasteiger partial charge on any atom is -0.317 e. The van der Waals surface area contributed by atoms with Crippen molar-refractivity contribution in [3.05, 3.63) is 0 Å². The highest BCUT2D eigenvalue weighted by atomic mass is 32.2. The Morgan fingerprint density at radius 2 is 2.05 bits per heavy atom. The summed E-state index contributed by atoms with van der Waals surface area (Å²) in [4.78, 5) is 0. The summed E-state index contributed by atoms with van der Waals surface area (Å²) in [6, 6.07) is 0. The number of nitrogens with one attached hydrogen (secondary N) is 2. The summed E-state index contributed by atoms with van der Waals surface area (Å²) in [7, 11) is -3.67. The van der Waals surface area contributed by atoms with Crippen molar-refractivity contribution in [3.8, 4) is 0 Å². The molecule has 0 amide bonds. The third kappa shape index (κ3) is 7.44. The highest BCUT2D eigenvalue weighted by Crippen LogP contribution is 2.21. The van der Waals surface area contributed by atoms with Crippen LogP contribution in [0.3, 0.4) is 0 Å². The van der Waals surface area contributed by atoms with E-state index in [1.165, 1.54) is 4.31 Å². The molecule has 0 saturated carbocycles. The van der Waals surface area contributed by atoms with Gasteiger partial charge >= 0.3 is 6.18 Å². The zero-order chi connectivity index (χ0) is 15.9. The molecule has 1 heterocycles. The zero-order valence-electron chi connectivity index (χ0n) is 12.2. The van der Waals surface area contributed by atoms with E-state index in [-0.39, 0.29) is 18.9 Å². The Bertz CT molecular complexity index is 401. The van der Waals surface area contributed by atoms with Gasteiger partial charge in [0.1, 0.15) is 0 Å². The molecule has 0 aliphatic carbocycles. The minimum atomic E-state index is -4.24. The number of hydrogen-bond donors (Lipinski definition) is 2. The van der Waals surface area contributed by atoms with Gasteiger partial charge in [0.05, 0.1) is 0 Å². The van der Waals surface area contributed by atoms with Crippen LogP contribution in [0.15, 0.2) is 0 Å². The van der Waals surface area contributed by atoms with Crippen molar-refractivity contribution in [2.45, 2.75) is 38.8 Å². The van der Waals surface area contributed by atoms with E-state index in [2.05, 4.69) is 10.0 Å². The Hall–Kier alpha value is -0.380. The van der Waals surface area contributed by atoms with Crippen LogP contribution < -0.4 is 10.0 Å². The molecule has 0 aromatic rings. The second-order valence-electron chi connectivity index (χ2n) is 5.29. The third-order valence-corrected chi connectivity index (χ3v) is 5.01. The molecule has 0 aromatic carbocycles. The summed E-state index contributed by atoms with van der Waals surface area (Å²) in [5, 5.41) is 3.19. The van der Waals surface area contributed by atoms with E-state index in [9.17, 15) is 21.6 Å². The fourth-order valence-corrected chi connectivity index (χ4v) is 3.70. The van der Waals surface area contributed by atoms with Gasteiger partial charge in [0.2, 0.25) is 0 Å². The lowest BCUT2D eigenvalue weighted by Gasteiger charge is -2.32. The molecule has 2 N–H and O–H groups in total. The van der Waals surface area contributed by atoms with Crippen LogP contribution in [0.25, 0.3) is 0 Å². The molecule has 1 aliphatic rings. The third-order valence-electron chi connectivity index (χ3n) is 3.43. The van der Waals surface area contributed by atoms with E-state index in [0.717, 1.165) is 25.9 Å². The topological polar surface area (TPSA) is 61.4 Å². The first-order chi connectivity index (χ1) is 9.74. The molecule has 0 spiro atoms. The first kappa shape index (κ1) is 18.7. The Kier molecular flexibility index (Phi) is 7.38. The Labute approximate surface area is 124 Å². The molecule has 1 atom stereocenters. The molecule has 1 fully saturated rings. The minimum absolute atomic E-state index is 0.184. The normalized spacial score (nSPS) is 21.6. The van der Waals surface area contributed by atoms with Crippen LogP contribution in [0.5, 0.6) is 0 Å². The fourth-order valence-electron chi connectivity index (χ4n) is 2.34. The largest absolute Gasteiger partial charge is 0.389 e. The van der Waals surface area contributed by atoms with Crippen molar-refractivity contribution in [3.63, 3.8) is 0 Å². The molecular weight excluding hydrogens is 307 g/mol. The quantitative estimate of drug-likeness (QED) is 0.663. The summed E-state index contributed by atoms with van der Waals surface area (Å²) in [5.41, 5.74) is 0. The van der Waals surface area contributed by atoms with Crippen LogP contribution in [0.2, 0.25) is 0 Å². The van der Waals surface area contributed by atoms with Crippen LogP contribution in [-0.2, 0) is 10.2 Å². The summed E-state index contributed by atoms with van der Waals surface area (Å²) in [6.45, 7) is 4.24. The number of piperidine rings is 1.